The summed E-state index contributed by atoms with van der Waals surface area (Å²) < 4.78 is 13.1. The van der Waals surface area contributed by atoms with Gasteiger partial charge in [0.05, 0.1) is 28.9 Å². The summed E-state index contributed by atoms with van der Waals surface area (Å²) in [5.41, 5.74) is 4.25. The van der Waals surface area contributed by atoms with Gasteiger partial charge >= 0.3 is 0 Å². The van der Waals surface area contributed by atoms with Crippen LogP contribution >= 0.6 is 11.3 Å². The van der Waals surface area contributed by atoms with Crippen molar-refractivity contribution in [2.45, 2.75) is 25.2 Å². The lowest BCUT2D eigenvalue weighted by atomic mass is 9.86. The summed E-state index contributed by atoms with van der Waals surface area (Å²) in [6.07, 6.45) is 0.865. The molecule has 2 aliphatic rings. The Hall–Kier alpha value is -1.01. The Bertz CT molecular complexity index is 621. The maximum atomic E-state index is 5.94. The first-order chi connectivity index (χ1) is 9.77. The van der Waals surface area contributed by atoms with Crippen LogP contribution in [0.5, 0.6) is 0 Å². The molecule has 1 aromatic heterocycles. The van der Waals surface area contributed by atoms with Crippen LogP contribution in [-0.4, -0.2) is 30.5 Å². The first-order valence-corrected chi connectivity index (χ1v) is 7.99. The van der Waals surface area contributed by atoms with Crippen molar-refractivity contribution < 1.29 is 9.47 Å². The number of nitrogens with one attached hydrogen (secondary N) is 1. The predicted octanol–water partition coefficient (Wildman–Crippen LogP) is 2.71. The summed E-state index contributed by atoms with van der Waals surface area (Å²) in [7, 11) is 0. The zero-order valence-electron chi connectivity index (χ0n) is 11.5. The zero-order chi connectivity index (χ0) is 13.6. The molecule has 0 radical (unpaired) electrons. The molecule has 3 heterocycles. The molecular weight excluding hydrogens is 272 g/mol. The molecule has 2 fully saturated rings. The highest BCUT2D eigenvalue weighted by atomic mass is 32.1. The summed E-state index contributed by atoms with van der Waals surface area (Å²) >= 11 is 1.68. The Balaban J connectivity index is 1.64. The maximum Gasteiger partial charge on any atom is 0.174 e. The summed E-state index contributed by atoms with van der Waals surface area (Å²) in [4.78, 5) is 4.41. The molecular formula is C15H18N2O2S. The first kappa shape index (κ1) is 12.7. The van der Waals surface area contributed by atoms with Crippen molar-refractivity contribution in [3.8, 4) is 0 Å². The lowest BCUT2D eigenvalue weighted by Crippen LogP contribution is -2.51. The third-order valence-corrected chi connectivity index (χ3v) is 5.25. The highest BCUT2D eigenvalue weighted by Gasteiger charge is 2.46. The van der Waals surface area contributed by atoms with Crippen LogP contribution in [0, 0.1) is 5.92 Å². The number of benzene rings is 1. The van der Waals surface area contributed by atoms with Crippen LogP contribution < -0.4 is 5.32 Å². The number of hydrogen-bond donors (Lipinski definition) is 1. The van der Waals surface area contributed by atoms with E-state index in [-0.39, 0.29) is 6.04 Å². The molecule has 1 N–H and O–H groups in total. The molecule has 2 aromatic rings. The fourth-order valence-electron chi connectivity index (χ4n) is 3.23. The van der Waals surface area contributed by atoms with E-state index in [9.17, 15) is 0 Å². The van der Waals surface area contributed by atoms with Gasteiger partial charge in [0.2, 0.25) is 0 Å². The van der Waals surface area contributed by atoms with Crippen molar-refractivity contribution in [1.82, 2.24) is 10.3 Å². The van der Waals surface area contributed by atoms with Crippen LogP contribution in [0.25, 0.3) is 10.2 Å². The van der Waals surface area contributed by atoms with Crippen LogP contribution in [0.1, 0.15) is 24.9 Å². The van der Waals surface area contributed by atoms with Gasteiger partial charge in [-0.3, -0.25) is 0 Å². The molecule has 20 heavy (non-hydrogen) atoms. The van der Waals surface area contributed by atoms with Crippen molar-refractivity contribution in [1.29, 1.82) is 0 Å². The lowest BCUT2D eigenvalue weighted by molar-refractivity contribution is -0.210. The van der Waals surface area contributed by atoms with E-state index in [2.05, 4.69) is 35.4 Å². The van der Waals surface area contributed by atoms with Crippen molar-refractivity contribution in [2.24, 2.45) is 5.92 Å². The second-order valence-electron chi connectivity index (χ2n) is 5.65. The van der Waals surface area contributed by atoms with Crippen LogP contribution in [0.2, 0.25) is 0 Å². The minimum atomic E-state index is -0.396. The Kier molecular flexibility index (Phi) is 3.03. The minimum Gasteiger partial charge on any atom is -0.347 e. The number of thiazole rings is 1. The minimum absolute atomic E-state index is 0.274. The van der Waals surface area contributed by atoms with Gasteiger partial charge in [-0.15, -0.1) is 11.3 Å². The smallest absolute Gasteiger partial charge is 0.174 e. The first-order valence-electron chi connectivity index (χ1n) is 7.11. The van der Waals surface area contributed by atoms with E-state index >= 15 is 0 Å². The van der Waals surface area contributed by atoms with E-state index in [4.69, 9.17) is 9.47 Å². The molecule has 2 unspecified atom stereocenters. The van der Waals surface area contributed by atoms with E-state index in [1.54, 1.807) is 11.3 Å². The van der Waals surface area contributed by atoms with Gasteiger partial charge in [-0.2, -0.15) is 0 Å². The molecule has 2 saturated heterocycles. The summed E-state index contributed by atoms with van der Waals surface area (Å²) in [5.74, 6) is -0.0169. The standard InChI is InChI=1S/C15H18N2O2S/c1-10-8-16-13(7-15(10)18-4-5-19-15)11-2-3-14-12(6-11)17-9-20-14/h2-3,6,9-10,13,16H,4-5,7-8H2,1H3. The molecule has 2 atom stereocenters. The van der Waals surface area contributed by atoms with Crippen LogP contribution in [0.4, 0.5) is 0 Å². The number of rotatable bonds is 1. The van der Waals surface area contributed by atoms with Crippen molar-refractivity contribution in [2.75, 3.05) is 19.8 Å². The maximum absolute atomic E-state index is 5.94. The molecule has 5 heteroatoms. The number of aromatic nitrogens is 1. The van der Waals surface area contributed by atoms with E-state index in [0.717, 1.165) is 18.5 Å². The summed E-state index contributed by atoms with van der Waals surface area (Å²) in [6, 6.07) is 6.81. The Morgan fingerprint density at radius 2 is 2.20 bits per heavy atom. The molecule has 0 saturated carbocycles. The van der Waals surface area contributed by atoms with Gasteiger partial charge in [0.1, 0.15) is 0 Å². The third-order valence-electron chi connectivity index (χ3n) is 4.44. The molecule has 1 aromatic carbocycles. The van der Waals surface area contributed by atoms with Crippen LogP contribution in [0.15, 0.2) is 23.7 Å². The van der Waals surface area contributed by atoms with Crippen molar-refractivity contribution in [3.05, 3.63) is 29.3 Å². The fourth-order valence-corrected chi connectivity index (χ4v) is 3.89. The topological polar surface area (TPSA) is 43.4 Å². The number of nitrogens with zero attached hydrogens (tertiary/aromatic N) is 1. The molecule has 1 spiro atoms. The van der Waals surface area contributed by atoms with E-state index in [0.29, 0.717) is 19.1 Å². The van der Waals surface area contributed by atoms with Crippen LogP contribution in [-0.2, 0) is 9.47 Å². The molecule has 4 rings (SSSR count). The zero-order valence-corrected chi connectivity index (χ0v) is 12.3. The average Bonchev–Trinajstić information content (AvgIpc) is 3.11. The molecule has 0 bridgehead atoms. The second kappa shape index (κ2) is 4.77. The Labute approximate surface area is 122 Å². The van der Waals surface area contributed by atoms with Gasteiger partial charge in [-0.1, -0.05) is 13.0 Å². The quantitative estimate of drug-likeness (QED) is 0.877. The average molecular weight is 290 g/mol. The van der Waals surface area contributed by atoms with E-state index < -0.39 is 5.79 Å². The van der Waals surface area contributed by atoms with Gasteiger partial charge in [0, 0.05) is 24.9 Å². The number of hydrogen-bond acceptors (Lipinski definition) is 5. The predicted molar refractivity (Wildman–Crippen MR) is 78.8 cm³/mol. The Morgan fingerprint density at radius 3 is 3.05 bits per heavy atom. The number of piperidine rings is 1. The molecule has 0 amide bonds. The highest BCUT2D eigenvalue weighted by molar-refractivity contribution is 7.16. The summed E-state index contributed by atoms with van der Waals surface area (Å²) in [6.45, 7) is 4.53. The van der Waals surface area contributed by atoms with Gasteiger partial charge in [-0.05, 0) is 17.7 Å². The fraction of sp³-hybridized carbons (Fsp3) is 0.533. The number of ether oxygens (including phenoxy) is 2. The second-order valence-corrected chi connectivity index (χ2v) is 6.54. The molecule has 0 aliphatic carbocycles. The highest BCUT2D eigenvalue weighted by Crippen LogP contribution is 2.40. The van der Waals surface area contributed by atoms with Gasteiger partial charge < -0.3 is 14.8 Å². The molecule has 106 valence electrons. The van der Waals surface area contributed by atoms with Crippen LogP contribution in [0.3, 0.4) is 0 Å². The SMILES string of the molecule is CC1CNC(c2ccc3scnc3c2)CC12OCCO2. The normalized spacial score (nSPS) is 29.2. The van der Waals surface area contributed by atoms with E-state index in [1.807, 2.05) is 5.51 Å². The van der Waals surface area contributed by atoms with Gasteiger partial charge in [-0.25, -0.2) is 4.98 Å². The number of fused-ring (bicyclic) bond motifs is 1. The largest absolute Gasteiger partial charge is 0.347 e. The van der Waals surface area contributed by atoms with Crippen molar-refractivity contribution in [3.63, 3.8) is 0 Å². The lowest BCUT2D eigenvalue weighted by Gasteiger charge is -2.42. The van der Waals surface area contributed by atoms with Crippen molar-refractivity contribution >= 4 is 21.6 Å². The van der Waals surface area contributed by atoms with E-state index in [1.165, 1.54) is 10.3 Å². The van der Waals surface area contributed by atoms with Gasteiger partial charge in [0.25, 0.3) is 0 Å². The monoisotopic (exact) mass is 290 g/mol. The molecule has 4 nitrogen and oxygen atoms in total. The molecule has 2 aliphatic heterocycles. The van der Waals surface area contributed by atoms with Gasteiger partial charge in [0.15, 0.2) is 5.79 Å². The third kappa shape index (κ3) is 1.97. The summed E-state index contributed by atoms with van der Waals surface area (Å²) in [5, 5.41) is 3.61. The Morgan fingerprint density at radius 1 is 1.35 bits per heavy atom.